The Hall–Kier alpha value is -3.59. The van der Waals surface area contributed by atoms with Crippen LogP contribution in [-0.4, -0.2) is 38.4 Å². The lowest BCUT2D eigenvalue weighted by Crippen LogP contribution is -2.66. The molecule has 6 rings (SSSR count). The van der Waals surface area contributed by atoms with Crippen LogP contribution in [0.2, 0.25) is 5.04 Å². The standard InChI is InChI=1S/C45H54O5SSi/c1-33-31-40(49-44-27-17-18-30-48-44)38(37(33)24-13-5-6-14-26-43(46)47)28-29-39(42-32-34-19-15-16-25-41(34)51-42)50-52(45(2,3)4,35-20-9-7-10-21-35)36-22-11-8-12-23-36/h5,7-13,15-16,19-23,25,28-29,32,37-40,44H,1,6,14,17-18,24,26-27,30-31H2,2-4H3,(H,46,47)/t37-,38+,39+,40+,44?/m0/s1. The van der Waals surface area contributed by atoms with Crippen molar-refractivity contribution in [1.82, 2.24) is 0 Å². The molecule has 3 aromatic carbocycles. The molecule has 5 nitrogen and oxygen atoms in total. The van der Waals surface area contributed by atoms with Gasteiger partial charge in [0.25, 0.3) is 8.32 Å². The molecule has 1 aliphatic heterocycles. The molecule has 0 radical (unpaired) electrons. The number of carbonyl (C=O) groups is 1. The van der Waals surface area contributed by atoms with Crippen molar-refractivity contribution in [3.63, 3.8) is 0 Å². The molecule has 0 amide bonds. The summed E-state index contributed by atoms with van der Waals surface area (Å²) in [6.45, 7) is 12.3. The molecule has 1 saturated carbocycles. The number of allylic oxidation sites excluding steroid dienone is 2. The van der Waals surface area contributed by atoms with Crippen molar-refractivity contribution in [2.75, 3.05) is 6.61 Å². The van der Waals surface area contributed by atoms with Crippen molar-refractivity contribution >= 4 is 46.1 Å². The Morgan fingerprint density at radius 3 is 2.33 bits per heavy atom. The van der Waals surface area contributed by atoms with Gasteiger partial charge in [-0.25, -0.2) is 0 Å². The van der Waals surface area contributed by atoms with Gasteiger partial charge in [-0.1, -0.05) is 136 Å². The van der Waals surface area contributed by atoms with Crippen molar-refractivity contribution in [2.45, 2.75) is 95.7 Å². The Kier molecular flexibility index (Phi) is 12.8. The molecule has 1 unspecified atom stereocenters. The predicted octanol–water partition coefficient (Wildman–Crippen LogP) is 10.4. The van der Waals surface area contributed by atoms with E-state index in [1.54, 1.807) is 0 Å². The van der Waals surface area contributed by atoms with Crippen LogP contribution in [-0.2, 0) is 18.7 Å². The quantitative estimate of drug-likeness (QED) is 0.0748. The summed E-state index contributed by atoms with van der Waals surface area (Å²) >= 11 is 1.81. The van der Waals surface area contributed by atoms with Crippen LogP contribution in [0.4, 0.5) is 0 Å². The van der Waals surface area contributed by atoms with E-state index in [-0.39, 0.29) is 41.8 Å². The van der Waals surface area contributed by atoms with Crippen molar-refractivity contribution < 1.29 is 23.8 Å². The van der Waals surface area contributed by atoms with Crippen LogP contribution in [0, 0.1) is 11.8 Å². The molecule has 1 aliphatic carbocycles. The monoisotopic (exact) mass is 734 g/mol. The first-order valence-electron chi connectivity index (χ1n) is 18.9. The van der Waals surface area contributed by atoms with Gasteiger partial charge in [-0.3, -0.25) is 4.79 Å². The number of fused-ring (bicyclic) bond motifs is 1. The van der Waals surface area contributed by atoms with Crippen LogP contribution in [0.1, 0.15) is 83.1 Å². The molecule has 52 heavy (non-hydrogen) atoms. The average Bonchev–Trinajstić information content (AvgIpc) is 3.70. The number of hydrogen-bond donors (Lipinski definition) is 1. The normalized spacial score (nSPS) is 22.1. The smallest absolute Gasteiger partial charge is 0.303 e. The molecular formula is C45H54O5SSi. The Morgan fingerprint density at radius 2 is 1.69 bits per heavy atom. The Labute approximate surface area is 315 Å². The zero-order chi connectivity index (χ0) is 36.6. The number of rotatable bonds is 15. The van der Waals surface area contributed by atoms with Crippen molar-refractivity contribution in [1.29, 1.82) is 0 Å². The topological polar surface area (TPSA) is 65.0 Å². The number of thiophene rings is 1. The minimum atomic E-state index is -2.91. The summed E-state index contributed by atoms with van der Waals surface area (Å²) in [6, 6.07) is 32.6. The van der Waals surface area contributed by atoms with Gasteiger partial charge >= 0.3 is 5.97 Å². The lowest BCUT2D eigenvalue weighted by atomic mass is 9.89. The van der Waals surface area contributed by atoms with Gasteiger partial charge in [0.05, 0.1) is 12.2 Å². The number of carboxylic acids is 1. The number of carboxylic acid groups (broad SMARTS) is 1. The van der Waals surface area contributed by atoms with Gasteiger partial charge in [0, 0.05) is 28.5 Å². The van der Waals surface area contributed by atoms with Crippen LogP contribution in [0.5, 0.6) is 0 Å². The highest BCUT2D eigenvalue weighted by atomic mass is 32.1. The summed E-state index contributed by atoms with van der Waals surface area (Å²) in [6.07, 6.45) is 14.8. The first-order chi connectivity index (χ1) is 25.2. The minimum Gasteiger partial charge on any atom is -0.481 e. The Balaban J connectivity index is 1.40. The number of unbranched alkanes of at least 4 members (excludes halogenated alkanes) is 1. The fourth-order valence-corrected chi connectivity index (χ4v) is 13.7. The Bertz CT molecular complexity index is 1750. The van der Waals surface area contributed by atoms with E-state index in [2.05, 4.69) is 143 Å². The van der Waals surface area contributed by atoms with Crippen molar-refractivity contribution in [3.8, 4) is 0 Å². The highest BCUT2D eigenvalue weighted by Gasteiger charge is 2.51. The zero-order valence-electron chi connectivity index (χ0n) is 30.9. The second-order valence-corrected chi connectivity index (χ2v) is 20.7. The SMILES string of the molecule is C=C1C[C@@H](OC2CCCCO2)[C@H](C=C[C@@H](O[Si](c2ccccc2)(c2ccccc2)C(C)(C)C)c2cc3ccccc3s2)[C@H]1CC=CCCCC(=O)O. The van der Waals surface area contributed by atoms with E-state index < -0.39 is 14.3 Å². The maximum absolute atomic E-state index is 11.0. The van der Waals surface area contributed by atoms with E-state index in [1.165, 1.54) is 30.9 Å². The van der Waals surface area contributed by atoms with Crippen LogP contribution in [0.15, 0.2) is 127 Å². The lowest BCUT2D eigenvalue weighted by Gasteiger charge is -2.44. The third-order valence-electron chi connectivity index (χ3n) is 10.6. The third kappa shape index (κ3) is 8.95. The molecule has 0 spiro atoms. The van der Waals surface area contributed by atoms with E-state index in [1.807, 2.05) is 11.3 Å². The molecule has 4 aromatic rings. The second kappa shape index (κ2) is 17.5. The fourth-order valence-electron chi connectivity index (χ4n) is 7.99. The summed E-state index contributed by atoms with van der Waals surface area (Å²) in [5, 5.41) is 12.6. The largest absolute Gasteiger partial charge is 0.481 e. The minimum absolute atomic E-state index is 0.0480. The van der Waals surface area contributed by atoms with E-state index in [4.69, 9.17) is 19.0 Å². The molecule has 1 aromatic heterocycles. The van der Waals surface area contributed by atoms with Gasteiger partial charge in [-0.05, 0) is 83.8 Å². The van der Waals surface area contributed by atoms with E-state index >= 15 is 0 Å². The fraction of sp³-hybridized carbons (Fsp3) is 0.400. The van der Waals surface area contributed by atoms with Gasteiger partial charge < -0.3 is 19.0 Å². The molecular weight excluding hydrogens is 681 g/mol. The highest BCUT2D eigenvalue weighted by Crippen LogP contribution is 2.45. The summed E-state index contributed by atoms with van der Waals surface area (Å²) < 4.78 is 21.9. The first-order valence-corrected chi connectivity index (χ1v) is 21.7. The lowest BCUT2D eigenvalue weighted by molar-refractivity contribution is -0.192. The van der Waals surface area contributed by atoms with Gasteiger partial charge in [0.2, 0.25) is 0 Å². The maximum Gasteiger partial charge on any atom is 0.303 e. The number of benzene rings is 3. The van der Waals surface area contributed by atoms with Crippen LogP contribution in [0.25, 0.3) is 10.1 Å². The predicted molar refractivity (Wildman–Crippen MR) is 217 cm³/mol. The highest BCUT2D eigenvalue weighted by molar-refractivity contribution is 7.19. The van der Waals surface area contributed by atoms with Gasteiger partial charge in [-0.15, -0.1) is 11.3 Å². The molecule has 0 bridgehead atoms. The first kappa shape index (κ1) is 38.1. The summed E-state index contributed by atoms with van der Waals surface area (Å²) in [7, 11) is -2.91. The van der Waals surface area contributed by atoms with E-state index in [0.717, 1.165) is 45.1 Å². The number of ether oxygens (including phenoxy) is 2. The van der Waals surface area contributed by atoms with Crippen molar-refractivity contribution in [2.24, 2.45) is 11.8 Å². The molecule has 2 heterocycles. The maximum atomic E-state index is 11.0. The summed E-state index contributed by atoms with van der Waals surface area (Å²) in [4.78, 5) is 12.2. The van der Waals surface area contributed by atoms with Gasteiger partial charge in [-0.2, -0.15) is 0 Å². The summed E-state index contributed by atoms with van der Waals surface area (Å²) in [5.41, 5.74) is 1.19. The molecule has 1 N–H and O–H groups in total. The van der Waals surface area contributed by atoms with Crippen LogP contribution >= 0.6 is 11.3 Å². The molecule has 2 aliphatic rings. The molecule has 5 atom stereocenters. The van der Waals surface area contributed by atoms with Crippen LogP contribution in [0.3, 0.4) is 0 Å². The van der Waals surface area contributed by atoms with Gasteiger partial charge in [0.15, 0.2) is 6.29 Å². The summed E-state index contributed by atoms with van der Waals surface area (Å²) in [5.74, 6) is -0.473. The number of aliphatic carboxylic acids is 1. The molecule has 7 heteroatoms. The third-order valence-corrected chi connectivity index (χ3v) is 16.8. The van der Waals surface area contributed by atoms with E-state index in [9.17, 15) is 4.79 Å². The molecule has 274 valence electrons. The van der Waals surface area contributed by atoms with Crippen molar-refractivity contribution in [3.05, 3.63) is 132 Å². The zero-order valence-corrected chi connectivity index (χ0v) is 32.7. The molecule has 2 fully saturated rings. The number of hydrogen-bond acceptors (Lipinski definition) is 5. The second-order valence-electron chi connectivity index (χ2n) is 15.3. The average molecular weight is 735 g/mol. The van der Waals surface area contributed by atoms with Gasteiger partial charge in [0.1, 0.15) is 0 Å². The molecule has 1 saturated heterocycles. The van der Waals surface area contributed by atoms with E-state index in [0.29, 0.717) is 6.42 Å². The van der Waals surface area contributed by atoms with Crippen LogP contribution < -0.4 is 10.4 Å². The Morgan fingerprint density at radius 1 is 1.00 bits per heavy atom.